The topological polar surface area (TPSA) is 92.3 Å². The summed E-state index contributed by atoms with van der Waals surface area (Å²) in [7, 11) is 0. The van der Waals surface area contributed by atoms with Gasteiger partial charge < -0.3 is 5.32 Å². The summed E-state index contributed by atoms with van der Waals surface area (Å²) in [6.45, 7) is 10.0. The van der Waals surface area contributed by atoms with E-state index in [2.05, 4.69) is 24.5 Å². The molecule has 6 nitrogen and oxygen atoms in total. The van der Waals surface area contributed by atoms with Crippen LogP contribution in [0.4, 0.5) is 4.79 Å². The zero-order chi connectivity index (χ0) is 22.8. The highest BCUT2D eigenvalue weighted by atomic mass is 16.2. The van der Waals surface area contributed by atoms with E-state index in [1.165, 1.54) is 25.7 Å². The number of carbonyl (C=O) groups is 4. The van der Waals surface area contributed by atoms with Gasteiger partial charge in [0.15, 0.2) is 0 Å². The van der Waals surface area contributed by atoms with Gasteiger partial charge in [-0.05, 0) is 94.3 Å². The van der Waals surface area contributed by atoms with Crippen LogP contribution >= 0.6 is 0 Å². The lowest BCUT2D eigenvalue weighted by atomic mass is 9.44. The van der Waals surface area contributed by atoms with Gasteiger partial charge in [0.25, 0.3) is 0 Å². The van der Waals surface area contributed by atoms with Crippen LogP contribution in [0, 0.1) is 40.4 Å². The van der Waals surface area contributed by atoms with Crippen molar-refractivity contribution in [3.8, 4) is 0 Å². The summed E-state index contributed by atoms with van der Waals surface area (Å²) in [5, 5.41) is 5.01. The van der Waals surface area contributed by atoms with Gasteiger partial charge in [0.2, 0.25) is 17.5 Å². The fraction of sp³-hybridized carbons (Fsp3) is 0.840. The fourth-order valence-corrected chi connectivity index (χ4v) is 7.83. The molecule has 4 rings (SSSR count). The average Bonchev–Trinajstić information content (AvgIpc) is 3.05. The average molecular weight is 431 g/mol. The predicted molar refractivity (Wildman–Crippen MR) is 117 cm³/mol. The van der Waals surface area contributed by atoms with Crippen LogP contribution in [0.3, 0.4) is 0 Å². The van der Waals surface area contributed by atoms with Crippen molar-refractivity contribution in [2.45, 2.75) is 91.5 Å². The minimum absolute atomic E-state index is 0.278. The van der Waals surface area contributed by atoms with Crippen LogP contribution in [0.2, 0.25) is 0 Å². The lowest BCUT2D eigenvalue weighted by molar-refractivity contribution is -0.164. The summed E-state index contributed by atoms with van der Waals surface area (Å²) in [5.41, 5.74) is -0.429. The van der Waals surface area contributed by atoms with Gasteiger partial charge in [-0.3, -0.25) is 19.7 Å². The first-order chi connectivity index (χ1) is 14.4. The Morgan fingerprint density at radius 3 is 2.32 bits per heavy atom. The first kappa shape index (κ1) is 22.5. The molecular weight excluding hydrogens is 392 g/mol. The van der Waals surface area contributed by atoms with E-state index >= 15 is 0 Å². The number of imide groups is 1. The number of amides is 3. The van der Waals surface area contributed by atoms with Crippen molar-refractivity contribution in [2.24, 2.45) is 40.4 Å². The quantitative estimate of drug-likeness (QED) is 0.485. The van der Waals surface area contributed by atoms with Gasteiger partial charge in [0, 0.05) is 11.5 Å². The Morgan fingerprint density at radius 2 is 1.65 bits per heavy atom. The highest BCUT2D eigenvalue weighted by molar-refractivity contribution is 6.43. The Bertz CT molecular complexity index is 815. The molecule has 172 valence electrons. The van der Waals surface area contributed by atoms with E-state index in [1.807, 2.05) is 20.8 Å². The summed E-state index contributed by atoms with van der Waals surface area (Å²) in [6, 6.07) is -0.620. The third-order valence-corrected chi connectivity index (χ3v) is 9.21. The van der Waals surface area contributed by atoms with Gasteiger partial charge >= 0.3 is 6.03 Å². The number of hydrogen-bond donors (Lipinski definition) is 2. The van der Waals surface area contributed by atoms with Gasteiger partial charge in [-0.1, -0.05) is 20.3 Å². The maximum atomic E-state index is 13.1. The maximum absolute atomic E-state index is 13.1. The van der Waals surface area contributed by atoms with Gasteiger partial charge in [-0.25, -0.2) is 4.79 Å². The molecule has 4 fully saturated rings. The Labute approximate surface area is 185 Å². The Balaban J connectivity index is 1.56. The normalized spacial score (nSPS) is 42.3. The summed E-state index contributed by atoms with van der Waals surface area (Å²) < 4.78 is 0. The van der Waals surface area contributed by atoms with E-state index < -0.39 is 29.2 Å². The lowest BCUT2D eigenvalue weighted by Gasteiger charge is -2.59. The van der Waals surface area contributed by atoms with E-state index in [0.29, 0.717) is 29.6 Å². The number of nitrogens with one attached hydrogen (secondary N) is 2. The highest BCUT2D eigenvalue weighted by Gasteiger charge is 2.62. The van der Waals surface area contributed by atoms with Crippen molar-refractivity contribution in [2.75, 3.05) is 0 Å². The standard InChI is InChI=1S/C25H38N2O4/c1-23(2,3)27-22(31)26-21(30)15-13-25(5)17-10-12-24(4)11-6-7-16(24)14(17)8-9-18(25)20(29)19(15)28/h14-18H,6-13H2,1-5H3,(H2,26,27,30,31)/t14-,15?,16-,17+,18?,24-,25+/m0/s1. The zero-order valence-electron chi connectivity index (χ0n) is 19.7. The van der Waals surface area contributed by atoms with E-state index in [0.717, 1.165) is 19.3 Å². The van der Waals surface area contributed by atoms with Gasteiger partial charge in [-0.15, -0.1) is 0 Å². The van der Waals surface area contributed by atoms with Crippen LogP contribution in [0.25, 0.3) is 0 Å². The molecule has 6 heteroatoms. The predicted octanol–water partition coefficient (Wildman–Crippen LogP) is 4.02. The molecule has 4 aliphatic carbocycles. The second-order valence-electron chi connectivity index (χ2n) is 12.3. The molecule has 2 N–H and O–H groups in total. The Kier molecular flexibility index (Phi) is 5.37. The number of urea groups is 1. The minimum Gasteiger partial charge on any atom is -0.333 e. The minimum atomic E-state index is -1.06. The first-order valence-electron chi connectivity index (χ1n) is 12.1. The first-order valence-corrected chi connectivity index (χ1v) is 12.1. The van der Waals surface area contributed by atoms with Crippen LogP contribution in [0.5, 0.6) is 0 Å². The maximum Gasteiger partial charge on any atom is 0.321 e. The van der Waals surface area contributed by atoms with E-state index in [-0.39, 0.29) is 17.1 Å². The number of hydrogen-bond acceptors (Lipinski definition) is 4. The largest absolute Gasteiger partial charge is 0.333 e. The SMILES string of the molecule is CC(C)(C)NC(=O)NC(=O)C1C[C@@]2(C)C(CC[C@@H]3[C@H]2CC[C@]2(C)CCC[C@@H]32)C(=O)C1=O. The molecule has 3 amide bonds. The number of carbonyl (C=O) groups excluding carboxylic acids is 4. The molecule has 7 atom stereocenters. The van der Waals surface area contributed by atoms with Crippen LogP contribution in [-0.2, 0) is 14.4 Å². The summed E-state index contributed by atoms with van der Waals surface area (Å²) >= 11 is 0. The van der Waals surface area contributed by atoms with Gasteiger partial charge in [0.05, 0.1) is 0 Å². The molecule has 0 aliphatic heterocycles. The molecule has 0 aromatic heterocycles. The van der Waals surface area contributed by atoms with Crippen molar-refractivity contribution in [1.29, 1.82) is 0 Å². The monoisotopic (exact) mass is 430 g/mol. The van der Waals surface area contributed by atoms with Crippen LogP contribution in [0.1, 0.15) is 86.0 Å². The smallest absolute Gasteiger partial charge is 0.321 e. The molecule has 4 saturated carbocycles. The third kappa shape index (κ3) is 3.74. The van der Waals surface area contributed by atoms with Crippen molar-refractivity contribution in [3.05, 3.63) is 0 Å². The summed E-state index contributed by atoms with van der Waals surface area (Å²) in [4.78, 5) is 51.1. The molecule has 4 aliphatic rings. The highest BCUT2D eigenvalue weighted by Crippen LogP contribution is 2.65. The summed E-state index contributed by atoms with van der Waals surface area (Å²) in [5.74, 6) is -1.32. The van der Waals surface area contributed by atoms with Crippen LogP contribution in [0.15, 0.2) is 0 Å². The Hall–Kier alpha value is -1.72. The number of Topliss-reactive ketones (excluding diaryl/α,β-unsaturated/α-hetero) is 2. The van der Waals surface area contributed by atoms with E-state index in [9.17, 15) is 19.2 Å². The molecule has 0 spiro atoms. The van der Waals surface area contributed by atoms with Crippen molar-refractivity contribution in [3.63, 3.8) is 0 Å². The van der Waals surface area contributed by atoms with Gasteiger partial charge in [0.1, 0.15) is 5.92 Å². The van der Waals surface area contributed by atoms with Crippen LogP contribution < -0.4 is 10.6 Å². The van der Waals surface area contributed by atoms with Crippen molar-refractivity contribution >= 4 is 23.5 Å². The second kappa shape index (κ2) is 7.41. The van der Waals surface area contributed by atoms with Crippen LogP contribution in [-0.4, -0.2) is 29.0 Å². The molecule has 0 aromatic carbocycles. The Morgan fingerprint density at radius 1 is 0.935 bits per heavy atom. The molecule has 0 heterocycles. The van der Waals surface area contributed by atoms with Crippen molar-refractivity contribution in [1.82, 2.24) is 10.6 Å². The third-order valence-electron chi connectivity index (χ3n) is 9.21. The fourth-order valence-electron chi connectivity index (χ4n) is 7.83. The molecule has 0 radical (unpaired) electrons. The molecule has 31 heavy (non-hydrogen) atoms. The zero-order valence-corrected chi connectivity index (χ0v) is 19.7. The molecular formula is C25H38N2O4. The molecule has 0 bridgehead atoms. The molecule has 0 saturated heterocycles. The van der Waals surface area contributed by atoms with Crippen molar-refractivity contribution < 1.29 is 19.2 Å². The van der Waals surface area contributed by atoms with Gasteiger partial charge in [-0.2, -0.15) is 0 Å². The lowest BCUT2D eigenvalue weighted by Crippen LogP contribution is -2.60. The number of rotatable bonds is 1. The van der Waals surface area contributed by atoms with E-state index in [1.54, 1.807) is 0 Å². The number of ketones is 2. The molecule has 0 aromatic rings. The summed E-state index contributed by atoms with van der Waals surface area (Å²) in [6.07, 6.45) is 8.26. The second-order valence-corrected chi connectivity index (χ2v) is 12.3. The van der Waals surface area contributed by atoms with E-state index in [4.69, 9.17) is 0 Å². The molecule has 2 unspecified atom stereocenters. The number of fused-ring (bicyclic) bond motifs is 5.